The van der Waals surface area contributed by atoms with Crippen molar-refractivity contribution in [3.8, 4) is 0 Å². The van der Waals surface area contributed by atoms with Crippen LogP contribution < -0.4 is 0 Å². The average Bonchev–Trinajstić information content (AvgIpc) is 2.15. The van der Waals surface area contributed by atoms with E-state index in [1.165, 1.54) is 0 Å². The molecule has 0 aromatic carbocycles. The van der Waals surface area contributed by atoms with Crippen molar-refractivity contribution in [1.29, 1.82) is 0 Å². The van der Waals surface area contributed by atoms with Gasteiger partial charge >= 0.3 is 0 Å². The Bertz CT molecular complexity index is 384. The highest BCUT2D eigenvalue weighted by molar-refractivity contribution is 7.91. The summed E-state index contributed by atoms with van der Waals surface area (Å²) in [4.78, 5) is 0. The number of aliphatic hydroxyl groups is 4. The van der Waals surface area contributed by atoms with E-state index in [-0.39, 0.29) is 0 Å². The maximum Gasteiger partial charge on any atom is 0.155 e. The molecule has 0 saturated carbocycles. The number of rotatable bonds is 9. The molecule has 0 saturated heterocycles. The van der Waals surface area contributed by atoms with Crippen LogP contribution >= 0.6 is 0 Å². The second-order valence-electron chi connectivity index (χ2n) is 3.81. The Labute approximate surface area is 106 Å². The standard InChI is InChI=1S/C8H18O8S2/c9-1-3-17(13,14)5-7(11)8(12)6-18(15,16)4-2-10/h7-12H,1-6H2. The van der Waals surface area contributed by atoms with Crippen molar-refractivity contribution in [2.75, 3.05) is 36.2 Å². The summed E-state index contributed by atoms with van der Waals surface area (Å²) >= 11 is 0. The molecule has 0 spiro atoms. The van der Waals surface area contributed by atoms with E-state index in [0.717, 1.165) is 0 Å². The lowest BCUT2D eigenvalue weighted by Gasteiger charge is -2.17. The van der Waals surface area contributed by atoms with Crippen molar-refractivity contribution in [3.05, 3.63) is 0 Å². The van der Waals surface area contributed by atoms with E-state index in [0.29, 0.717) is 0 Å². The third-order valence-electron chi connectivity index (χ3n) is 2.10. The third kappa shape index (κ3) is 7.24. The van der Waals surface area contributed by atoms with Crippen LogP contribution in [-0.2, 0) is 19.7 Å². The summed E-state index contributed by atoms with van der Waals surface area (Å²) in [6.45, 7) is -1.23. The van der Waals surface area contributed by atoms with Gasteiger partial charge in [0.25, 0.3) is 0 Å². The van der Waals surface area contributed by atoms with Gasteiger partial charge in [-0.3, -0.25) is 0 Å². The Morgan fingerprint density at radius 2 is 1.00 bits per heavy atom. The smallest absolute Gasteiger partial charge is 0.155 e. The SMILES string of the molecule is O=S(=O)(CCO)CC(O)C(O)CS(=O)(=O)CCO. The zero-order valence-electron chi connectivity index (χ0n) is 9.64. The summed E-state index contributed by atoms with van der Waals surface area (Å²) in [5.41, 5.74) is 0. The van der Waals surface area contributed by atoms with Gasteiger partial charge in [0.05, 0.1) is 48.4 Å². The van der Waals surface area contributed by atoms with Gasteiger partial charge in [-0.05, 0) is 0 Å². The largest absolute Gasteiger partial charge is 0.395 e. The molecule has 0 amide bonds. The summed E-state index contributed by atoms with van der Waals surface area (Å²) < 4.78 is 44.9. The van der Waals surface area contributed by atoms with Crippen LogP contribution in [0.5, 0.6) is 0 Å². The molecular formula is C8H18O8S2. The fraction of sp³-hybridized carbons (Fsp3) is 1.00. The van der Waals surface area contributed by atoms with E-state index in [2.05, 4.69) is 0 Å². The van der Waals surface area contributed by atoms with E-state index in [4.69, 9.17) is 10.2 Å². The monoisotopic (exact) mass is 306 g/mol. The molecule has 0 aliphatic rings. The van der Waals surface area contributed by atoms with Crippen molar-refractivity contribution in [3.63, 3.8) is 0 Å². The minimum atomic E-state index is -3.75. The maximum absolute atomic E-state index is 11.2. The molecule has 0 radical (unpaired) electrons. The number of hydrogen-bond acceptors (Lipinski definition) is 8. The Kier molecular flexibility index (Phi) is 7.25. The Hall–Kier alpha value is -0.260. The summed E-state index contributed by atoms with van der Waals surface area (Å²) in [5, 5.41) is 35.7. The van der Waals surface area contributed by atoms with E-state index >= 15 is 0 Å². The molecule has 18 heavy (non-hydrogen) atoms. The number of hydrogen-bond donors (Lipinski definition) is 4. The van der Waals surface area contributed by atoms with Gasteiger partial charge in [0, 0.05) is 0 Å². The van der Waals surface area contributed by atoms with Crippen LogP contribution in [0.25, 0.3) is 0 Å². The first-order valence-electron chi connectivity index (χ1n) is 5.12. The van der Waals surface area contributed by atoms with Crippen LogP contribution in [0, 0.1) is 0 Å². The molecule has 8 nitrogen and oxygen atoms in total. The second kappa shape index (κ2) is 7.36. The quantitative estimate of drug-likeness (QED) is 0.343. The van der Waals surface area contributed by atoms with Crippen LogP contribution in [0.15, 0.2) is 0 Å². The highest BCUT2D eigenvalue weighted by atomic mass is 32.2. The highest BCUT2D eigenvalue weighted by Gasteiger charge is 2.27. The van der Waals surface area contributed by atoms with Gasteiger partial charge in [-0.25, -0.2) is 16.8 Å². The summed E-state index contributed by atoms with van der Waals surface area (Å²) in [6.07, 6.45) is -3.51. The van der Waals surface area contributed by atoms with Gasteiger partial charge in [0.15, 0.2) is 19.7 Å². The van der Waals surface area contributed by atoms with Crippen LogP contribution in [0.2, 0.25) is 0 Å². The van der Waals surface area contributed by atoms with Crippen molar-refractivity contribution in [2.45, 2.75) is 12.2 Å². The molecule has 0 aliphatic heterocycles. The van der Waals surface area contributed by atoms with Crippen molar-refractivity contribution >= 4 is 19.7 Å². The topological polar surface area (TPSA) is 149 Å². The van der Waals surface area contributed by atoms with Crippen molar-refractivity contribution < 1.29 is 37.3 Å². The predicted octanol–water partition coefficient (Wildman–Crippen LogP) is -3.48. The van der Waals surface area contributed by atoms with E-state index in [1.54, 1.807) is 0 Å². The zero-order valence-corrected chi connectivity index (χ0v) is 11.3. The Balaban J connectivity index is 4.49. The second-order valence-corrected chi connectivity index (χ2v) is 8.27. The molecular weight excluding hydrogens is 288 g/mol. The molecule has 2 atom stereocenters. The maximum atomic E-state index is 11.2. The van der Waals surface area contributed by atoms with Crippen molar-refractivity contribution in [2.24, 2.45) is 0 Å². The van der Waals surface area contributed by atoms with Crippen molar-refractivity contribution in [1.82, 2.24) is 0 Å². The van der Waals surface area contributed by atoms with Gasteiger partial charge in [-0.2, -0.15) is 0 Å². The summed E-state index contributed by atoms with van der Waals surface area (Å²) in [5.74, 6) is -2.80. The van der Waals surface area contributed by atoms with Gasteiger partial charge < -0.3 is 20.4 Å². The van der Waals surface area contributed by atoms with E-state index in [1.807, 2.05) is 0 Å². The van der Waals surface area contributed by atoms with E-state index < -0.39 is 68.1 Å². The predicted molar refractivity (Wildman–Crippen MR) is 63.5 cm³/mol. The Morgan fingerprint density at radius 1 is 0.722 bits per heavy atom. The van der Waals surface area contributed by atoms with Crippen LogP contribution in [0.3, 0.4) is 0 Å². The molecule has 0 bridgehead atoms. The lowest BCUT2D eigenvalue weighted by Crippen LogP contribution is -2.39. The molecule has 10 heteroatoms. The first-order chi connectivity index (χ1) is 8.13. The molecule has 2 unspecified atom stereocenters. The normalized spacial score (nSPS) is 16.4. The lowest BCUT2D eigenvalue weighted by atomic mass is 10.3. The first-order valence-corrected chi connectivity index (χ1v) is 8.76. The lowest BCUT2D eigenvalue weighted by molar-refractivity contribution is 0.0477. The number of aliphatic hydroxyl groups excluding tert-OH is 4. The molecule has 0 aliphatic carbocycles. The molecule has 0 heterocycles. The van der Waals surface area contributed by atoms with Gasteiger partial charge in [-0.15, -0.1) is 0 Å². The fourth-order valence-electron chi connectivity index (χ4n) is 1.19. The summed E-state index contributed by atoms with van der Waals surface area (Å²) in [7, 11) is -7.50. The fourth-order valence-corrected chi connectivity index (χ4v) is 3.56. The molecule has 110 valence electrons. The van der Waals surface area contributed by atoms with Crippen LogP contribution in [0.4, 0.5) is 0 Å². The van der Waals surface area contributed by atoms with Gasteiger partial charge in [0.2, 0.25) is 0 Å². The number of sulfone groups is 2. The molecule has 0 rings (SSSR count). The highest BCUT2D eigenvalue weighted by Crippen LogP contribution is 2.04. The molecule has 0 aromatic heterocycles. The Morgan fingerprint density at radius 3 is 1.22 bits per heavy atom. The minimum Gasteiger partial charge on any atom is -0.395 e. The first kappa shape index (κ1) is 17.7. The molecule has 4 N–H and O–H groups in total. The molecule has 0 fully saturated rings. The summed E-state index contributed by atoms with van der Waals surface area (Å²) in [6, 6.07) is 0. The van der Waals surface area contributed by atoms with Crippen LogP contribution in [0.1, 0.15) is 0 Å². The van der Waals surface area contributed by atoms with Crippen LogP contribution in [-0.4, -0.2) is 85.7 Å². The molecule has 0 aromatic rings. The third-order valence-corrected chi connectivity index (χ3v) is 5.41. The minimum absolute atomic E-state index is 0.569. The van der Waals surface area contributed by atoms with E-state index in [9.17, 15) is 27.0 Å². The average molecular weight is 306 g/mol. The van der Waals surface area contributed by atoms with Gasteiger partial charge in [-0.1, -0.05) is 0 Å². The zero-order chi connectivity index (χ0) is 14.4. The van der Waals surface area contributed by atoms with Gasteiger partial charge in [0.1, 0.15) is 0 Å².